The van der Waals surface area contributed by atoms with Gasteiger partial charge >= 0.3 is 5.97 Å². The Balaban J connectivity index is 1.63. The second kappa shape index (κ2) is 7.57. The highest BCUT2D eigenvalue weighted by molar-refractivity contribution is 6.03. The van der Waals surface area contributed by atoms with Crippen LogP contribution in [-0.2, 0) is 11.2 Å². The third-order valence-electron chi connectivity index (χ3n) is 4.74. The lowest BCUT2D eigenvalue weighted by atomic mass is 9.95. The fraction of sp³-hybridized carbons (Fsp3) is 0.300. The van der Waals surface area contributed by atoms with Gasteiger partial charge in [0.2, 0.25) is 5.91 Å². The molecule has 27 heavy (non-hydrogen) atoms. The van der Waals surface area contributed by atoms with Crippen LogP contribution in [0.5, 0.6) is 0 Å². The number of nitrogens with zero attached hydrogens (tertiary/aromatic N) is 1. The number of carboxylic acid groups (broad SMARTS) is 1. The van der Waals surface area contributed by atoms with Gasteiger partial charge in [0.25, 0.3) is 5.91 Å². The van der Waals surface area contributed by atoms with Crippen molar-refractivity contribution < 1.29 is 19.5 Å². The standard InChI is InChI=1S/C20H21N3O4/c1-3-12-4-6-16-15(10-12)14(18(24)23-16)8-9-21-19(25)17-7-5-13(20(26)27)11(2)22-17/h4-7,10,14H,3,8-9H2,1-2H3,(H,21,25)(H,23,24)(H,26,27). The fourth-order valence-corrected chi connectivity index (χ4v) is 3.22. The van der Waals surface area contributed by atoms with Crippen molar-refractivity contribution in [2.45, 2.75) is 32.6 Å². The zero-order chi connectivity index (χ0) is 19.6. The van der Waals surface area contributed by atoms with E-state index in [1.165, 1.54) is 12.1 Å². The van der Waals surface area contributed by atoms with Gasteiger partial charge in [-0.3, -0.25) is 9.59 Å². The monoisotopic (exact) mass is 367 g/mol. The summed E-state index contributed by atoms with van der Waals surface area (Å²) in [6, 6.07) is 8.71. The molecule has 0 saturated carbocycles. The summed E-state index contributed by atoms with van der Waals surface area (Å²) >= 11 is 0. The maximum Gasteiger partial charge on any atom is 0.337 e. The number of hydrogen-bond acceptors (Lipinski definition) is 4. The van der Waals surface area contributed by atoms with Crippen molar-refractivity contribution in [3.05, 3.63) is 58.4 Å². The maximum atomic E-state index is 12.3. The first-order valence-corrected chi connectivity index (χ1v) is 8.83. The summed E-state index contributed by atoms with van der Waals surface area (Å²) in [5.74, 6) is -1.83. The number of hydrogen-bond donors (Lipinski definition) is 3. The Morgan fingerprint density at radius 3 is 2.70 bits per heavy atom. The third kappa shape index (κ3) is 3.81. The molecule has 0 fully saturated rings. The first-order valence-electron chi connectivity index (χ1n) is 8.83. The predicted molar refractivity (Wildman–Crippen MR) is 100 cm³/mol. The molecule has 140 valence electrons. The van der Waals surface area contributed by atoms with Crippen LogP contribution in [0.25, 0.3) is 0 Å². The molecule has 7 heteroatoms. The lowest BCUT2D eigenvalue weighted by Crippen LogP contribution is -2.28. The van der Waals surface area contributed by atoms with E-state index < -0.39 is 11.9 Å². The number of carbonyl (C=O) groups excluding carboxylic acids is 2. The molecule has 7 nitrogen and oxygen atoms in total. The molecule has 2 aromatic rings. The fourth-order valence-electron chi connectivity index (χ4n) is 3.22. The Kier molecular flexibility index (Phi) is 5.21. The van der Waals surface area contributed by atoms with E-state index in [4.69, 9.17) is 5.11 Å². The zero-order valence-electron chi connectivity index (χ0n) is 15.2. The van der Waals surface area contributed by atoms with Gasteiger partial charge in [-0.05, 0) is 49.1 Å². The van der Waals surface area contributed by atoms with Crippen molar-refractivity contribution in [3.8, 4) is 0 Å². The highest BCUT2D eigenvalue weighted by atomic mass is 16.4. The quantitative estimate of drug-likeness (QED) is 0.727. The Bertz CT molecular complexity index is 923. The number of nitrogens with one attached hydrogen (secondary N) is 2. The molecule has 0 spiro atoms. The molecule has 1 aliphatic rings. The molecule has 1 unspecified atom stereocenters. The van der Waals surface area contributed by atoms with E-state index in [2.05, 4.69) is 22.5 Å². The average Bonchev–Trinajstić information content (AvgIpc) is 2.95. The van der Waals surface area contributed by atoms with Crippen LogP contribution in [0.15, 0.2) is 30.3 Å². The molecule has 1 aromatic carbocycles. The van der Waals surface area contributed by atoms with E-state index in [9.17, 15) is 14.4 Å². The molecule has 2 amide bonds. The van der Waals surface area contributed by atoms with Crippen molar-refractivity contribution in [2.24, 2.45) is 0 Å². The van der Waals surface area contributed by atoms with Gasteiger partial charge in [0, 0.05) is 12.2 Å². The van der Waals surface area contributed by atoms with Gasteiger partial charge in [-0.2, -0.15) is 0 Å². The first-order chi connectivity index (χ1) is 12.9. The molecule has 0 bridgehead atoms. The second-order valence-corrected chi connectivity index (χ2v) is 6.50. The van der Waals surface area contributed by atoms with Crippen molar-refractivity contribution in [1.29, 1.82) is 0 Å². The van der Waals surface area contributed by atoms with Crippen LogP contribution in [0, 0.1) is 6.92 Å². The number of carboxylic acids is 1. The van der Waals surface area contributed by atoms with Crippen LogP contribution in [-0.4, -0.2) is 34.4 Å². The molecule has 0 saturated heterocycles. The average molecular weight is 367 g/mol. The largest absolute Gasteiger partial charge is 0.478 e. The molecule has 0 radical (unpaired) electrons. The molecule has 2 heterocycles. The molecular formula is C20H21N3O4. The number of aromatic carboxylic acids is 1. The topological polar surface area (TPSA) is 108 Å². The summed E-state index contributed by atoms with van der Waals surface area (Å²) in [6.45, 7) is 3.92. The van der Waals surface area contributed by atoms with Gasteiger partial charge in [-0.15, -0.1) is 0 Å². The number of anilines is 1. The number of pyridine rings is 1. The number of rotatable bonds is 6. The second-order valence-electron chi connectivity index (χ2n) is 6.50. The minimum atomic E-state index is -1.08. The first kappa shape index (κ1) is 18.6. The summed E-state index contributed by atoms with van der Waals surface area (Å²) in [7, 11) is 0. The highest BCUT2D eigenvalue weighted by Gasteiger charge is 2.30. The number of aryl methyl sites for hydroxylation is 2. The van der Waals surface area contributed by atoms with Gasteiger partial charge in [0.05, 0.1) is 17.2 Å². The van der Waals surface area contributed by atoms with Gasteiger partial charge < -0.3 is 15.7 Å². The molecule has 1 aliphatic heterocycles. The van der Waals surface area contributed by atoms with Gasteiger partial charge in [-0.25, -0.2) is 9.78 Å². The number of benzene rings is 1. The summed E-state index contributed by atoms with van der Waals surface area (Å²) in [6.07, 6.45) is 1.37. The van der Waals surface area contributed by atoms with Gasteiger partial charge in [-0.1, -0.05) is 19.1 Å². The molecular weight excluding hydrogens is 346 g/mol. The summed E-state index contributed by atoms with van der Waals surface area (Å²) < 4.78 is 0. The van der Waals surface area contributed by atoms with Crippen LogP contribution in [0.2, 0.25) is 0 Å². The number of aromatic nitrogens is 1. The van der Waals surface area contributed by atoms with E-state index in [-0.39, 0.29) is 28.8 Å². The lowest BCUT2D eigenvalue weighted by molar-refractivity contribution is -0.117. The smallest absolute Gasteiger partial charge is 0.337 e. The Morgan fingerprint density at radius 1 is 1.26 bits per heavy atom. The summed E-state index contributed by atoms with van der Waals surface area (Å²) in [4.78, 5) is 39.6. The number of amides is 2. The Hall–Kier alpha value is -3.22. The Morgan fingerprint density at radius 2 is 2.04 bits per heavy atom. The van der Waals surface area contributed by atoms with Crippen LogP contribution in [0.1, 0.15) is 56.9 Å². The van der Waals surface area contributed by atoms with Crippen molar-refractivity contribution in [1.82, 2.24) is 10.3 Å². The van der Waals surface area contributed by atoms with Crippen LogP contribution >= 0.6 is 0 Å². The van der Waals surface area contributed by atoms with E-state index in [0.717, 1.165) is 23.2 Å². The number of carbonyl (C=O) groups is 3. The lowest BCUT2D eigenvalue weighted by Gasteiger charge is -2.11. The molecule has 0 aliphatic carbocycles. The van der Waals surface area contributed by atoms with Gasteiger partial charge in [0.1, 0.15) is 5.69 Å². The molecule has 1 aromatic heterocycles. The minimum absolute atomic E-state index is 0.0627. The zero-order valence-corrected chi connectivity index (χ0v) is 15.2. The summed E-state index contributed by atoms with van der Waals surface area (Å²) in [5, 5.41) is 14.6. The predicted octanol–water partition coefficient (Wildman–Crippen LogP) is 2.51. The summed E-state index contributed by atoms with van der Waals surface area (Å²) in [5.41, 5.74) is 3.46. The third-order valence-corrected chi connectivity index (χ3v) is 4.74. The maximum absolute atomic E-state index is 12.3. The number of fused-ring (bicyclic) bond motifs is 1. The van der Waals surface area contributed by atoms with Crippen molar-refractivity contribution in [3.63, 3.8) is 0 Å². The molecule has 3 rings (SSSR count). The minimum Gasteiger partial charge on any atom is -0.478 e. The van der Waals surface area contributed by atoms with Crippen molar-refractivity contribution in [2.75, 3.05) is 11.9 Å². The molecule has 3 N–H and O–H groups in total. The van der Waals surface area contributed by atoms with Crippen LogP contribution in [0.3, 0.4) is 0 Å². The van der Waals surface area contributed by atoms with E-state index in [1.807, 2.05) is 18.2 Å². The van der Waals surface area contributed by atoms with Gasteiger partial charge in [0.15, 0.2) is 0 Å². The van der Waals surface area contributed by atoms with E-state index >= 15 is 0 Å². The molecule has 1 atom stereocenters. The SMILES string of the molecule is CCc1ccc2c(c1)C(CCNC(=O)c1ccc(C(=O)O)c(C)n1)C(=O)N2. The Labute approximate surface area is 156 Å². The van der Waals surface area contributed by atoms with E-state index in [1.54, 1.807) is 6.92 Å². The van der Waals surface area contributed by atoms with Crippen LogP contribution in [0.4, 0.5) is 5.69 Å². The normalized spacial score (nSPS) is 15.2. The highest BCUT2D eigenvalue weighted by Crippen LogP contribution is 2.35. The van der Waals surface area contributed by atoms with Crippen LogP contribution < -0.4 is 10.6 Å². The van der Waals surface area contributed by atoms with E-state index in [0.29, 0.717) is 13.0 Å². The van der Waals surface area contributed by atoms with Crippen molar-refractivity contribution >= 4 is 23.5 Å².